The van der Waals surface area contributed by atoms with E-state index in [2.05, 4.69) is 20.2 Å². The number of hydrogen-bond acceptors (Lipinski definition) is 5. The van der Waals surface area contributed by atoms with Crippen LogP contribution in [0.1, 0.15) is 5.82 Å². The molecule has 0 unspecified atom stereocenters. The van der Waals surface area contributed by atoms with E-state index in [4.69, 9.17) is 0 Å². The van der Waals surface area contributed by atoms with E-state index in [0.717, 1.165) is 5.82 Å². The minimum absolute atomic E-state index is 0.0506. The predicted octanol–water partition coefficient (Wildman–Crippen LogP) is 1.57. The first-order valence-corrected chi connectivity index (χ1v) is 6.68. The van der Waals surface area contributed by atoms with E-state index in [9.17, 15) is 4.79 Å². The van der Waals surface area contributed by atoms with Crippen LogP contribution in [0, 0.1) is 6.92 Å². The number of aromatic nitrogens is 5. The number of para-hydroxylation sites is 1. The summed E-state index contributed by atoms with van der Waals surface area (Å²) in [6, 6.07) is 7.31. The molecular weight excluding hydrogens is 262 g/mol. The van der Waals surface area contributed by atoms with Gasteiger partial charge >= 0.3 is 0 Å². The normalized spacial score (nSPS) is 11.0. The zero-order chi connectivity index (χ0) is 13.2. The molecule has 96 valence electrons. The van der Waals surface area contributed by atoms with Gasteiger partial charge in [0.1, 0.15) is 5.82 Å². The molecule has 0 fully saturated rings. The Morgan fingerprint density at radius 2 is 2.21 bits per heavy atom. The number of nitrogens with one attached hydrogen (secondary N) is 1. The van der Waals surface area contributed by atoms with Gasteiger partial charge in [-0.05, 0) is 19.1 Å². The van der Waals surface area contributed by atoms with Crippen LogP contribution >= 0.6 is 11.8 Å². The van der Waals surface area contributed by atoms with E-state index >= 15 is 0 Å². The van der Waals surface area contributed by atoms with Crippen molar-refractivity contribution in [3.8, 4) is 0 Å². The van der Waals surface area contributed by atoms with Crippen LogP contribution in [-0.4, -0.2) is 24.7 Å². The summed E-state index contributed by atoms with van der Waals surface area (Å²) >= 11 is 1.39. The Hall–Kier alpha value is -2.15. The highest BCUT2D eigenvalue weighted by atomic mass is 32.2. The maximum atomic E-state index is 12.2. The van der Waals surface area contributed by atoms with Gasteiger partial charge in [-0.1, -0.05) is 23.9 Å². The first-order chi connectivity index (χ1) is 9.24. The van der Waals surface area contributed by atoms with Crippen LogP contribution in [0.25, 0.3) is 10.9 Å². The van der Waals surface area contributed by atoms with Crippen LogP contribution in [0.4, 0.5) is 0 Å². The molecule has 0 bridgehead atoms. The van der Waals surface area contributed by atoms with Crippen LogP contribution in [0.2, 0.25) is 0 Å². The Labute approximate surface area is 112 Å². The van der Waals surface area contributed by atoms with Gasteiger partial charge in [-0.3, -0.25) is 14.5 Å². The average Bonchev–Trinajstić information content (AvgIpc) is 2.84. The number of rotatable bonds is 3. The van der Waals surface area contributed by atoms with Crippen LogP contribution in [0.15, 0.2) is 40.5 Å². The summed E-state index contributed by atoms with van der Waals surface area (Å²) in [5.41, 5.74) is 0.660. The molecule has 3 rings (SSSR count). The van der Waals surface area contributed by atoms with Gasteiger partial charge < -0.3 is 0 Å². The number of aromatic amines is 1. The second-order valence-electron chi connectivity index (χ2n) is 4.01. The molecule has 0 saturated carbocycles. The first kappa shape index (κ1) is 11.9. The van der Waals surface area contributed by atoms with E-state index < -0.39 is 0 Å². The van der Waals surface area contributed by atoms with Crippen molar-refractivity contribution in [1.82, 2.24) is 24.7 Å². The molecule has 0 radical (unpaired) electrons. The lowest BCUT2D eigenvalue weighted by Crippen LogP contribution is -2.19. The molecule has 0 amide bonds. The lowest BCUT2D eigenvalue weighted by Gasteiger charge is -2.04. The Kier molecular flexibility index (Phi) is 3.04. The second kappa shape index (κ2) is 4.85. The van der Waals surface area contributed by atoms with Crippen molar-refractivity contribution in [1.29, 1.82) is 0 Å². The number of aryl methyl sites for hydroxylation is 1. The van der Waals surface area contributed by atoms with E-state index in [1.54, 1.807) is 17.0 Å². The monoisotopic (exact) mass is 273 g/mol. The number of nitrogens with zero attached hydrogens (tertiary/aromatic N) is 4. The summed E-state index contributed by atoms with van der Waals surface area (Å²) in [6.07, 6.45) is 1.55. The topological polar surface area (TPSA) is 76.5 Å². The smallest absolute Gasteiger partial charge is 0.261 e. The van der Waals surface area contributed by atoms with Gasteiger partial charge in [0, 0.05) is 0 Å². The summed E-state index contributed by atoms with van der Waals surface area (Å²) in [6.45, 7) is 1.83. The maximum absolute atomic E-state index is 12.2. The molecule has 0 aliphatic carbocycles. The highest BCUT2D eigenvalue weighted by Crippen LogP contribution is 2.14. The Morgan fingerprint density at radius 3 is 3.00 bits per heavy atom. The van der Waals surface area contributed by atoms with E-state index in [1.807, 2.05) is 25.1 Å². The van der Waals surface area contributed by atoms with Crippen LogP contribution in [0.5, 0.6) is 0 Å². The third kappa shape index (κ3) is 2.37. The van der Waals surface area contributed by atoms with Gasteiger partial charge in [-0.15, -0.1) is 5.10 Å². The summed E-state index contributed by atoms with van der Waals surface area (Å²) < 4.78 is 1.55. The molecule has 0 atom stereocenters. The zero-order valence-corrected chi connectivity index (χ0v) is 11.0. The van der Waals surface area contributed by atoms with Gasteiger partial charge in [0.05, 0.1) is 23.1 Å². The van der Waals surface area contributed by atoms with Crippen LogP contribution in [0.3, 0.4) is 0 Å². The zero-order valence-electron chi connectivity index (χ0n) is 10.2. The number of thioether (sulfide) groups is 1. The van der Waals surface area contributed by atoms with Crippen molar-refractivity contribution in [2.45, 2.75) is 18.0 Å². The molecule has 2 heterocycles. The molecule has 1 N–H and O–H groups in total. The van der Waals surface area contributed by atoms with E-state index in [-0.39, 0.29) is 5.56 Å². The van der Waals surface area contributed by atoms with Crippen molar-refractivity contribution in [2.24, 2.45) is 0 Å². The Morgan fingerprint density at radius 1 is 1.37 bits per heavy atom. The fourth-order valence-electron chi connectivity index (χ4n) is 1.71. The largest absolute Gasteiger partial charge is 0.288 e. The van der Waals surface area contributed by atoms with Gasteiger partial charge in [-0.25, -0.2) is 9.97 Å². The number of fused-ring (bicyclic) bond motifs is 1. The molecule has 0 aliphatic rings. The second-order valence-corrected chi connectivity index (χ2v) is 4.93. The molecule has 7 heteroatoms. The van der Waals surface area contributed by atoms with Crippen molar-refractivity contribution in [3.05, 3.63) is 46.8 Å². The number of hydrogen-bond donors (Lipinski definition) is 1. The first-order valence-electron chi connectivity index (χ1n) is 5.70. The van der Waals surface area contributed by atoms with Gasteiger partial charge in [0.15, 0.2) is 0 Å². The quantitative estimate of drug-likeness (QED) is 0.733. The number of H-pyrrole nitrogens is 1. The molecule has 1 aromatic carbocycles. The van der Waals surface area contributed by atoms with Gasteiger partial charge in [0.25, 0.3) is 5.56 Å². The van der Waals surface area contributed by atoms with Crippen LogP contribution < -0.4 is 5.56 Å². The molecule has 19 heavy (non-hydrogen) atoms. The summed E-state index contributed by atoms with van der Waals surface area (Å²) in [7, 11) is 0. The predicted molar refractivity (Wildman–Crippen MR) is 73.0 cm³/mol. The van der Waals surface area contributed by atoms with Gasteiger partial charge in [-0.2, -0.15) is 0 Å². The summed E-state index contributed by atoms with van der Waals surface area (Å²) in [5.74, 6) is 1.19. The maximum Gasteiger partial charge on any atom is 0.261 e. The van der Waals surface area contributed by atoms with E-state index in [1.165, 1.54) is 11.8 Å². The number of benzene rings is 1. The lowest BCUT2D eigenvalue weighted by atomic mass is 10.2. The fourth-order valence-corrected chi connectivity index (χ4v) is 2.46. The average molecular weight is 273 g/mol. The third-order valence-corrected chi connectivity index (χ3v) is 3.49. The Balaban J connectivity index is 1.89. The molecule has 2 aromatic heterocycles. The molecule has 3 aromatic rings. The summed E-state index contributed by atoms with van der Waals surface area (Å²) in [4.78, 5) is 20.7. The van der Waals surface area contributed by atoms with Crippen molar-refractivity contribution >= 4 is 22.7 Å². The van der Waals surface area contributed by atoms with Crippen molar-refractivity contribution in [3.63, 3.8) is 0 Å². The highest BCUT2D eigenvalue weighted by molar-refractivity contribution is 7.98. The molecule has 0 spiro atoms. The lowest BCUT2D eigenvalue weighted by molar-refractivity contribution is 0.818. The van der Waals surface area contributed by atoms with E-state index in [0.29, 0.717) is 21.9 Å². The molecule has 6 nitrogen and oxygen atoms in total. The standard InChI is InChI=1S/C12H11N5OS/c1-8-14-12(16-15-8)19-7-17-6-13-10-5-3-2-4-9(10)11(17)18/h2-6H,7H2,1H3,(H,14,15,16). The highest BCUT2D eigenvalue weighted by Gasteiger charge is 2.05. The Bertz CT molecular complexity index is 779. The third-order valence-electron chi connectivity index (χ3n) is 2.64. The summed E-state index contributed by atoms with van der Waals surface area (Å²) in [5, 5.41) is 8.02. The minimum Gasteiger partial charge on any atom is -0.288 e. The minimum atomic E-state index is -0.0506. The van der Waals surface area contributed by atoms with Crippen molar-refractivity contribution < 1.29 is 0 Å². The van der Waals surface area contributed by atoms with Gasteiger partial charge in [0.2, 0.25) is 5.16 Å². The fraction of sp³-hybridized carbons (Fsp3) is 0.167. The molecular formula is C12H11N5OS. The molecule has 0 saturated heterocycles. The van der Waals surface area contributed by atoms with Crippen molar-refractivity contribution in [2.75, 3.05) is 0 Å². The van der Waals surface area contributed by atoms with Crippen LogP contribution in [-0.2, 0) is 5.88 Å². The SMILES string of the molecule is Cc1nc(SCn2cnc3ccccc3c2=O)n[nH]1. The molecule has 0 aliphatic heterocycles.